The molecule has 0 fully saturated rings. The minimum Gasteiger partial charge on any atom is -0.202 e. The Morgan fingerprint density at radius 3 is 0.818 bits per heavy atom. The SMILES string of the molecule is CC(C)[B-](C(C)C)C(C)C.[Na+]. The molecule has 61 valence electrons. The average Bonchev–Trinajstić information content (AvgIpc) is 1.59. The summed E-state index contributed by atoms with van der Waals surface area (Å²) >= 11 is 0. The molecule has 0 nitrogen and oxygen atoms in total. The minimum atomic E-state index is 0. The largest absolute Gasteiger partial charge is 1.00 e. The zero-order valence-electron chi connectivity index (χ0n) is 9.31. The Morgan fingerprint density at radius 1 is 0.636 bits per heavy atom. The van der Waals surface area contributed by atoms with Crippen molar-refractivity contribution in [1.29, 1.82) is 0 Å². The molecule has 0 saturated carbocycles. The average molecular weight is 163 g/mol. The molecule has 2 heteroatoms. The summed E-state index contributed by atoms with van der Waals surface area (Å²) in [5.41, 5.74) is 0. The van der Waals surface area contributed by atoms with E-state index in [9.17, 15) is 0 Å². The first-order chi connectivity index (χ1) is 4.46. The van der Waals surface area contributed by atoms with Crippen LogP contribution in [0.4, 0.5) is 0 Å². The zero-order chi connectivity index (χ0) is 8.31. The molecule has 0 spiro atoms. The van der Waals surface area contributed by atoms with Gasteiger partial charge in [0.25, 0.3) is 0 Å². The first-order valence-corrected chi connectivity index (χ1v) is 4.46. The molecule has 0 atom stereocenters. The van der Waals surface area contributed by atoms with Crippen molar-refractivity contribution in [3.05, 3.63) is 0 Å². The van der Waals surface area contributed by atoms with Gasteiger partial charge in [0.1, 0.15) is 0 Å². The molecule has 0 aliphatic carbocycles. The van der Waals surface area contributed by atoms with Gasteiger partial charge in [-0.25, -0.2) is 17.5 Å². The van der Waals surface area contributed by atoms with Crippen LogP contribution < -0.4 is 29.6 Å². The molecule has 1 radical (unpaired) electrons. The second-order valence-electron chi connectivity index (χ2n) is 4.31. The van der Waals surface area contributed by atoms with Crippen LogP contribution in [0, 0.1) is 0 Å². The molecule has 0 N–H and O–H groups in total. The molecule has 0 bridgehead atoms. The summed E-state index contributed by atoms with van der Waals surface area (Å²) in [7, 11) is 0. The molecular formula is C9H21BNa. The van der Waals surface area contributed by atoms with Gasteiger partial charge < -0.3 is 0 Å². The summed E-state index contributed by atoms with van der Waals surface area (Å²) in [5, 5.41) is 0. The predicted octanol–water partition coefficient (Wildman–Crippen LogP) is 0.715. The van der Waals surface area contributed by atoms with Crippen LogP contribution in [0.5, 0.6) is 0 Å². The van der Waals surface area contributed by atoms with Crippen LogP contribution in [-0.2, 0) is 0 Å². The van der Waals surface area contributed by atoms with Crippen molar-refractivity contribution in [3.8, 4) is 0 Å². The Morgan fingerprint density at radius 2 is 0.818 bits per heavy atom. The molecule has 0 rings (SSSR count). The van der Waals surface area contributed by atoms with Gasteiger partial charge in [0.05, 0.1) is 0 Å². The molecule has 0 unspecified atom stereocenters. The van der Waals surface area contributed by atoms with E-state index in [1.807, 2.05) is 0 Å². The van der Waals surface area contributed by atoms with E-state index in [2.05, 4.69) is 41.5 Å². The molecule has 11 heavy (non-hydrogen) atoms. The standard InChI is InChI=1S/C9H21B.Na/c1-7(2)10(8(3)4)9(5)6;/h7-9H,1-6H3;/q-1;+1. The van der Waals surface area contributed by atoms with Gasteiger partial charge in [-0.1, -0.05) is 41.5 Å². The van der Waals surface area contributed by atoms with Gasteiger partial charge in [0, 0.05) is 0 Å². The Hall–Kier alpha value is 1.06. The third-order valence-electron chi connectivity index (χ3n) is 2.31. The summed E-state index contributed by atoms with van der Waals surface area (Å²) in [6.45, 7) is 14.8. The van der Waals surface area contributed by atoms with Gasteiger partial charge in [-0.05, 0) is 0 Å². The van der Waals surface area contributed by atoms with Gasteiger partial charge in [-0.15, -0.1) is 6.71 Å². The normalized spacial score (nSPS) is 11.5. The van der Waals surface area contributed by atoms with Gasteiger partial charge >= 0.3 is 29.6 Å². The summed E-state index contributed by atoms with van der Waals surface area (Å²) in [6.07, 6.45) is 0. The van der Waals surface area contributed by atoms with Crippen LogP contribution in [0.1, 0.15) is 41.5 Å². The third-order valence-corrected chi connectivity index (χ3v) is 2.31. The molecule has 0 saturated heterocycles. The van der Waals surface area contributed by atoms with E-state index in [0.29, 0.717) is 0 Å². The summed E-state index contributed by atoms with van der Waals surface area (Å²) in [6, 6.07) is 0. The summed E-state index contributed by atoms with van der Waals surface area (Å²) in [5.74, 6) is 2.50. The molecular weight excluding hydrogens is 142 g/mol. The minimum absolute atomic E-state index is 0. The van der Waals surface area contributed by atoms with Gasteiger partial charge in [-0.3, -0.25) is 0 Å². The zero-order valence-corrected chi connectivity index (χ0v) is 11.3. The van der Waals surface area contributed by atoms with Crippen LogP contribution in [0.2, 0.25) is 17.5 Å². The van der Waals surface area contributed by atoms with Crippen LogP contribution in [-0.4, -0.2) is 6.71 Å². The van der Waals surface area contributed by atoms with Crippen molar-refractivity contribution >= 4 is 6.71 Å². The second-order valence-corrected chi connectivity index (χ2v) is 4.31. The van der Waals surface area contributed by atoms with Gasteiger partial charge in [0.2, 0.25) is 0 Å². The smallest absolute Gasteiger partial charge is 0.202 e. The van der Waals surface area contributed by atoms with Crippen LogP contribution in [0.25, 0.3) is 0 Å². The second kappa shape index (κ2) is 6.57. The Balaban J connectivity index is 0. The molecule has 0 aliphatic heterocycles. The van der Waals surface area contributed by atoms with E-state index in [4.69, 9.17) is 0 Å². The van der Waals surface area contributed by atoms with Crippen molar-refractivity contribution in [2.24, 2.45) is 0 Å². The Kier molecular flexibility index (Phi) is 8.70. The van der Waals surface area contributed by atoms with E-state index in [-0.39, 0.29) is 29.6 Å². The van der Waals surface area contributed by atoms with Crippen molar-refractivity contribution in [3.63, 3.8) is 0 Å². The van der Waals surface area contributed by atoms with Crippen LogP contribution in [0.3, 0.4) is 0 Å². The third kappa shape index (κ3) is 5.33. The van der Waals surface area contributed by atoms with Crippen molar-refractivity contribution in [1.82, 2.24) is 0 Å². The van der Waals surface area contributed by atoms with E-state index in [1.54, 1.807) is 0 Å². The monoisotopic (exact) mass is 163 g/mol. The van der Waals surface area contributed by atoms with E-state index in [0.717, 1.165) is 24.2 Å². The first kappa shape index (κ1) is 14.6. The maximum atomic E-state index is 2.32. The fraction of sp³-hybridized carbons (Fsp3) is 1.00. The molecule has 0 aromatic rings. The number of hydrogen-bond donors (Lipinski definition) is 0. The molecule has 0 aromatic carbocycles. The van der Waals surface area contributed by atoms with Gasteiger partial charge in [0.15, 0.2) is 0 Å². The van der Waals surface area contributed by atoms with E-state index in [1.165, 1.54) is 0 Å². The Bertz CT molecular complexity index is 70.5. The first-order valence-electron chi connectivity index (χ1n) is 4.46. The van der Waals surface area contributed by atoms with Crippen molar-refractivity contribution < 1.29 is 29.6 Å². The van der Waals surface area contributed by atoms with Crippen LogP contribution in [0.15, 0.2) is 0 Å². The molecule has 0 amide bonds. The maximum Gasteiger partial charge on any atom is 1.00 e. The summed E-state index contributed by atoms with van der Waals surface area (Å²) in [4.78, 5) is 0. The predicted molar refractivity (Wildman–Crippen MR) is 51.0 cm³/mol. The number of hydrogen-bond acceptors (Lipinski definition) is 0. The topological polar surface area (TPSA) is 0 Å². The van der Waals surface area contributed by atoms with E-state index >= 15 is 0 Å². The molecule has 0 aromatic heterocycles. The van der Waals surface area contributed by atoms with Gasteiger partial charge in [-0.2, -0.15) is 0 Å². The number of rotatable bonds is 3. The quantitative estimate of drug-likeness (QED) is 0.537. The summed E-state index contributed by atoms with van der Waals surface area (Å²) < 4.78 is 0. The van der Waals surface area contributed by atoms with Crippen LogP contribution >= 0.6 is 0 Å². The molecule has 0 aliphatic rings. The fourth-order valence-corrected chi connectivity index (χ4v) is 2.31. The van der Waals surface area contributed by atoms with Crippen molar-refractivity contribution in [2.75, 3.05) is 0 Å². The maximum absolute atomic E-state index is 2.32. The van der Waals surface area contributed by atoms with E-state index < -0.39 is 0 Å². The van der Waals surface area contributed by atoms with Crippen molar-refractivity contribution in [2.45, 2.75) is 59.0 Å². The molecule has 0 heterocycles. The Labute approximate surface area is 94.9 Å². The fourth-order valence-electron chi connectivity index (χ4n) is 2.31.